The summed E-state index contributed by atoms with van der Waals surface area (Å²) in [5.74, 6) is -0.713. The van der Waals surface area contributed by atoms with Crippen LogP contribution in [0.2, 0.25) is 5.02 Å². The van der Waals surface area contributed by atoms with Crippen molar-refractivity contribution in [2.24, 2.45) is 5.92 Å². The lowest BCUT2D eigenvalue weighted by molar-refractivity contribution is -0.129. The van der Waals surface area contributed by atoms with E-state index in [-0.39, 0.29) is 23.5 Å². The van der Waals surface area contributed by atoms with E-state index in [9.17, 15) is 14.4 Å². The van der Waals surface area contributed by atoms with Crippen molar-refractivity contribution < 1.29 is 19.1 Å². The SMILES string of the molecule is CC(C)OC(=O)c1ccc(Cl)c(NC(=O)N2CCNC(=O)C2C(C)C)c1. The summed E-state index contributed by atoms with van der Waals surface area (Å²) in [6.07, 6.45) is -0.255. The lowest BCUT2D eigenvalue weighted by atomic mass is 10.00. The highest BCUT2D eigenvalue weighted by Gasteiger charge is 2.35. The monoisotopic (exact) mass is 381 g/mol. The van der Waals surface area contributed by atoms with Gasteiger partial charge in [-0.1, -0.05) is 25.4 Å². The van der Waals surface area contributed by atoms with Crippen LogP contribution in [0.1, 0.15) is 38.1 Å². The molecule has 1 unspecified atom stereocenters. The molecule has 2 N–H and O–H groups in total. The average Bonchev–Trinajstić information content (AvgIpc) is 2.55. The predicted molar refractivity (Wildman–Crippen MR) is 99.4 cm³/mol. The molecular weight excluding hydrogens is 358 g/mol. The maximum atomic E-state index is 12.7. The first-order valence-corrected chi connectivity index (χ1v) is 8.94. The van der Waals surface area contributed by atoms with E-state index in [0.29, 0.717) is 23.8 Å². The normalized spacial score (nSPS) is 17.3. The molecule has 0 saturated carbocycles. The molecule has 0 radical (unpaired) electrons. The molecule has 0 aromatic heterocycles. The van der Waals surface area contributed by atoms with E-state index in [0.717, 1.165) is 0 Å². The van der Waals surface area contributed by atoms with Crippen LogP contribution in [0.3, 0.4) is 0 Å². The zero-order chi connectivity index (χ0) is 19.4. The van der Waals surface area contributed by atoms with Crippen LogP contribution in [0, 0.1) is 5.92 Å². The van der Waals surface area contributed by atoms with Crippen LogP contribution in [-0.4, -0.2) is 48.0 Å². The molecule has 7 nitrogen and oxygen atoms in total. The highest BCUT2D eigenvalue weighted by Crippen LogP contribution is 2.25. The molecule has 8 heteroatoms. The molecule has 1 atom stereocenters. The molecule has 3 amide bonds. The van der Waals surface area contributed by atoms with Crippen molar-refractivity contribution >= 4 is 35.2 Å². The van der Waals surface area contributed by atoms with E-state index in [2.05, 4.69) is 10.6 Å². The second-order valence-electron chi connectivity index (χ2n) is 6.75. The van der Waals surface area contributed by atoms with Crippen LogP contribution >= 0.6 is 11.6 Å². The van der Waals surface area contributed by atoms with Gasteiger partial charge in [0.25, 0.3) is 0 Å². The van der Waals surface area contributed by atoms with Crippen LogP contribution < -0.4 is 10.6 Å². The molecule has 1 aliphatic heterocycles. The zero-order valence-electron chi connectivity index (χ0n) is 15.3. The maximum absolute atomic E-state index is 12.7. The van der Waals surface area contributed by atoms with E-state index >= 15 is 0 Å². The zero-order valence-corrected chi connectivity index (χ0v) is 16.1. The van der Waals surface area contributed by atoms with Gasteiger partial charge in [0.15, 0.2) is 0 Å². The third-order valence-electron chi connectivity index (χ3n) is 3.94. The molecule has 2 rings (SSSR count). The van der Waals surface area contributed by atoms with E-state index in [1.54, 1.807) is 13.8 Å². The summed E-state index contributed by atoms with van der Waals surface area (Å²) in [6, 6.07) is 3.54. The first kappa shape index (κ1) is 20.0. The standard InChI is InChI=1S/C18H24ClN3O4/c1-10(2)15-16(23)20-7-8-22(15)18(25)21-14-9-12(5-6-13(14)19)17(24)26-11(3)4/h5-6,9-11,15H,7-8H2,1-4H3,(H,20,23)(H,21,25). The Labute approximate surface area is 158 Å². The summed E-state index contributed by atoms with van der Waals surface area (Å²) >= 11 is 6.15. The van der Waals surface area contributed by atoms with Crippen molar-refractivity contribution in [3.8, 4) is 0 Å². The minimum absolute atomic E-state index is 0.0381. The number of nitrogens with zero attached hydrogens (tertiary/aromatic N) is 1. The van der Waals surface area contributed by atoms with Gasteiger partial charge in [-0.05, 0) is 38.0 Å². The van der Waals surface area contributed by atoms with Crippen molar-refractivity contribution in [3.63, 3.8) is 0 Å². The largest absolute Gasteiger partial charge is 0.459 e. The number of urea groups is 1. The highest BCUT2D eigenvalue weighted by atomic mass is 35.5. The van der Waals surface area contributed by atoms with E-state index in [1.807, 2.05) is 13.8 Å². The van der Waals surface area contributed by atoms with Gasteiger partial charge in [0.1, 0.15) is 6.04 Å². The number of ether oxygens (including phenoxy) is 1. The minimum Gasteiger partial charge on any atom is -0.459 e. The summed E-state index contributed by atoms with van der Waals surface area (Å²) in [5, 5.41) is 5.76. The first-order chi connectivity index (χ1) is 12.2. The number of nitrogens with one attached hydrogen (secondary N) is 2. The maximum Gasteiger partial charge on any atom is 0.338 e. The number of benzene rings is 1. The number of esters is 1. The van der Waals surface area contributed by atoms with Crippen molar-refractivity contribution in [2.45, 2.75) is 39.8 Å². The second kappa shape index (κ2) is 8.40. The average molecular weight is 382 g/mol. The van der Waals surface area contributed by atoms with E-state index in [1.165, 1.54) is 23.1 Å². The molecule has 1 aromatic rings. The quantitative estimate of drug-likeness (QED) is 0.785. The number of piperazine rings is 1. The molecule has 1 saturated heterocycles. The third-order valence-corrected chi connectivity index (χ3v) is 4.26. The third kappa shape index (κ3) is 4.66. The van der Waals surface area contributed by atoms with Crippen molar-refractivity contribution in [1.29, 1.82) is 0 Å². The van der Waals surface area contributed by atoms with Crippen LogP contribution in [0.4, 0.5) is 10.5 Å². The molecule has 0 aliphatic carbocycles. The fraction of sp³-hybridized carbons (Fsp3) is 0.500. The number of carbonyl (C=O) groups is 3. The molecule has 0 spiro atoms. The predicted octanol–water partition coefficient (Wildman–Crippen LogP) is 2.89. The van der Waals surface area contributed by atoms with E-state index in [4.69, 9.17) is 16.3 Å². The van der Waals surface area contributed by atoms with Gasteiger partial charge in [-0.2, -0.15) is 0 Å². The number of rotatable bonds is 4. The Morgan fingerprint density at radius 3 is 2.62 bits per heavy atom. The Morgan fingerprint density at radius 2 is 2.00 bits per heavy atom. The minimum atomic E-state index is -0.559. The van der Waals surface area contributed by atoms with Gasteiger partial charge in [0, 0.05) is 13.1 Å². The number of hydrogen-bond acceptors (Lipinski definition) is 4. The summed E-state index contributed by atoms with van der Waals surface area (Å²) in [4.78, 5) is 38.3. The molecule has 1 aromatic carbocycles. The fourth-order valence-electron chi connectivity index (χ4n) is 2.79. The smallest absolute Gasteiger partial charge is 0.338 e. The highest BCUT2D eigenvalue weighted by molar-refractivity contribution is 6.33. The number of halogens is 1. The van der Waals surface area contributed by atoms with E-state index < -0.39 is 18.0 Å². The number of amides is 3. The van der Waals surface area contributed by atoms with Crippen LogP contribution in [0.5, 0.6) is 0 Å². The van der Waals surface area contributed by atoms with Crippen molar-refractivity contribution in [1.82, 2.24) is 10.2 Å². The Bertz CT molecular complexity index is 706. The summed E-state index contributed by atoms with van der Waals surface area (Å²) in [6.45, 7) is 8.06. The van der Waals surface area contributed by atoms with Gasteiger partial charge in [-0.15, -0.1) is 0 Å². The summed E-state index contributed by atoms with van der Waals surface area (Å²) < 4.78 is 5.16. The lowest BCUT2D eigenvalue weighted by Crippen LogP contribution is -2.60. The lowest BCUT2D eigenvalue weighted by Gasteiger charge is -2.37. The van der Waals surface area contributed by atoms with Gasteiger partial charge in [-0.3, -0.25) is 4.79 Å². The van der Waals surface area contributed by atoms with Crippen LogP contribution in [0.15, 0.2) is 18.2 Å². The molecule has 1 aliphatic rings. The van der Waals surface area contributed by atoms with Gasteiger partial charge in [0.05, 0.1) is 22.4 Å². The molecule has 142 valence electrons. The van der Waals surface area contributed by atoms with Gasteiger partial charge < -0.3 is 20.3 Å². The molecule has 0 bridgehead atoms. The fourth-order valence-corrected chi connectivity index (χ4v) is 2.96. The van der Waals surface area contributed by atoms with Crippen LogP contribution in [-0.2, 0) is 9.53 Å². The topological polar surface area (TPSA) is 87.7 Å². The Morgan fingerprint density at radius 1 is 1.31 bits per heavy atom. The van der Waals surface area contributed by atoms with Gasteiger partial charge in [-0.25, -0.2) is 9.59 Å². The molecule has 1 fully saturated rings. The molecular formula is C18H24ClN3O4. The number of carbonyl (C=O) groups excluding carboxylic acids is 3. The number of anilines is 1. The molecule has 26 heavy (non-hydrogen) atoms. The summed E-state index contributed by atoms with van der Waals surface area (Å²) in [5.41, 5.74) is 0.582. The molecule has 1 heterocycles. The Kier molecular flexibility index (Phi) is 6.47. The van der Waals surface area contributed by atoms with Gasteiger partial charge in [0.2, 0.25) is 5.91 Å². The first-order valence-electron chi connectivity index (χ1n) is 8.56. The number of hydrogen-bond donors (Lipinski definition) is 2. The van der Waals surface area contributed by atoms with Crippen molar-refractivity contribution in [3.05, 3.63) is 28.8 Å². The second-order valence-corrected chi connectivity index (χ2v) is 7.16. The summed E-state index contributed by atoms with van der Waals surface area (Å²) in [7, 11) is 0. The Hall–Kier alpha value is -2.28. The van der Waals surface area contributed by atoms with Gasteiger partial charge >= 0.3 is 12.0 Å². The van der Waals surface area contributed by atoms with Crippen LogP contribution in [0.25, 0.3) is 0 Å². The Balaban J connectivity index is 2.20. The van der Waals surface area contributed by atoms with Crippen molar-refractivity contribution in [2.75, 3.05) is 18.4 Å².